The van der Waals surface area contributed by atoms with Gasteiger partial charge < -0.3 is 15.0 Å². The molecule has 0 saturated carbocycles. The lowest BCUT2D eigenvalue weighted by Crippen LogP contribution is -2.46. The lowest BCUT2D eigenvalue weighted by Gasteiger charge is -2.37. The van der Waals surface area contributed by atoms with Crippen LogP contribution < -0.4 is 5.32 Å². The van der Waals surface area contributed by atoms with Gasteiger partial charge in [-0.2, -0.15) is 9.78 Å². The number of piperidine rings is 1. The van der Waals surface area contributed by atoms with Crippen molar-refractivity contribution in [1.82, 2.24) is 19.7 Å². The standard InChI is InChI=1S/C23H24ClN5O3S2/c1-2-7-32-23(31)28-15-3-4-16(28)9-14(8-15)18-10-21(25-11-17-5-6-20(24)34-17)29(27-18)22(30)19-12-33-13-26-19/h2,5-6,10,12-16,25H,1,3-4,7-9,11H2. The minimum absolute atomic E-state index is 0.116. The lowest BCUT2D eigenvalue weighted by atomic mass is 9.88. The van der Waals surface area contributed by atoms with Crippen molar-refractivity contribution in [2.75, 3.05) is 11.9 Å². The van der Waals surface area contributed by atoms with Crippen LogP contribution in [0.4, 0.5) is 10.6 Å². The number of fused-ring (bicyclic) bond motifs is 2. The highest BCUT2D eigenvalue weighted by atomic mass is 35.5. The third-order valence-corrected chi connectivity index (χ3v) is 8.15. The number of hydrogen-bond donors (Lipinski definition) is 1. The van der Waals surface area contributed by atoms with Gasteiger partial charge in [-0.3, -0.25) is 4.79 Å². The molecule has 2 unspecified atom stereocenters. The topological polar surface area (TPSA) is 89.4 Å². The average molecular weight is 518 g/mol. The van der Waals surface area contributed by atoms with E-state index in [1.807, 2.05) is 23.1 Å². The first-order valence-corrected chi connectivity index (χ1v) is 13.2. The maximum absolute atomic E-state index is 13.1. The van der Waals surface area contributed by atoms with Crippen molar-refractivity contribution in [3.05, 3.63) is 62.3 Å². The van der Waals surface area contributed by atoms with Gasteiger partial charge in [0.1, 0.15) is 18.1 Å². The van der Waals surface area contributed by atoms with Crippen molar-refractivity contribution in [1.29, 1.82) is 0 Å². The van der Waals surface area contributed by atoms with Crippen LogP contribution in [-0.2, 0) is 11.3 Å². The quantitative estimate of drug-likeness (QED) is 0.423. The van der Waals surface area contributed by atoms with Crippen LogP contribution in [0.3, 0.4) is 0 Å². The van der Waals surface area contributed by atoms with Crippen molar-refractivity contribution in [2.45, 2.75) is 50.2 Å². The van der Waals surface area contributed by atoms with Crippen LogP contribution in [0.25, 0.3) is 0 Å². The first-order chi connectivity index (χ1) is 16.5. The minimum atomic E-state index is -0.271. The fraction of sp³-hybridized carbons (Fsp3) is 0.391. The Morgan fingerprint density at radius 2 is 2.09 bits per heavy atom. The van der Waals surface area contributed by atoms with Crippen LogP contribution in [0.15, 0.2) is 41.7 Å². The predicted molar refractivity (Wildman–Crippen MR) is 133 cm³/mol. The zero-order valence-corrected chi connectivity index (χ0v) is 20.7. The second-order valence-electron chi connectivity index (χ2n) is 8.43. The molecule has 0 radical (unpaired) electrons. The number of halogens is 1. The van der Waals surface area contributed by atoms with E-state index < -0.39 is 0 Å². The van der Waals surface area contributed by atoms with E-state index >= 15 is 0 Å². The van der Waals surface area contributed by atoms with Crippen LogP contribution in [0.5, 0.6) is 0 Å². The number of nitrogens with zero attached hydrogens (tertiary/aromatic N) is 4. The monoisotopic (exact) mass is 517 g/mol. The molecule has 11 heteroatoms. The number of thiophene rings is 1. The third-order valence-electron chi connectivity index (χ3n) is 6.33. The third kappa shape index (κ3) is 4.62. The van der Waals surface area contributed by atoms with Crippen molar-refractivity contribution in [3.8, 4) is 0 Å². The van der Waals surface area contributed by atoms with E-state index in [1.165, 1.54) is 27.4 Å². The molecule has 8 nitrogen and oxygen atoms in total. The molecule has 5 heterocycles. The Kier molecular flexibility index (Phi) is 6.71. The molecule has 0 spiro atoms. The molecule has 3 aromatic heterocycles. The van der Waals surface area contributed by atoms with Gasteiger partial charge in [0, 0.05) is 34.3 Å². The fourth-order valence-corrected chi connectivity index (χ4v) is 6.41. The summed E-state index contributed by atoms with van der Waals surface area (Å²) in [5.41, 5.74) is 2.85. The summed E-state index contributed by atoms with van der Waals surface area (Å²) in [7, 11) is 0. The second kappa shape index (κ2) is 9.89. The van der Waals surface area contributed by atoms with Crippen LogP contribution in [0.1, 0.15) is 52.7 Å². The number of thiazole rings is 1. The van der Waals surface area contributed by atoms with Gasteiger partial charge in [0.25, 0.3) is 5.91 Å². The summed E-state index contributed by atoms with van der Waals surface area (Å²) in [6, 6.07) is 6.00. The first-order valence-electron chi connectivity index (χ1n) is 11.1. The van der Waals surface area contributed by atoms with E-state index in [-0.39, 0.29) is 36.6 Å². The molecule has 2 fully saturated rings. The summed E-state index contributed by atoms with van der Waals surface area (Å²) in [4.78, 5) is 32.8. The molecule has 1 amide bonds. The van der Waals surface area contributed by atoms with E-state index in [2.05, 4.69) is 16.9 Å². The van der Waals surface area contributed by atoms with Crippen molar-refractivity contribution < 1.29 is 14.3 Å². The van der Waals surface area contributed by atoms with Gasteiger partial charge >= 0.3 is 6.09 Å². The Morgan fingerprint density at radius 1 is 1.29 bits per heavy atom. The number of rotatable bonds is 7. The van der Waals surface area contributed by atoms with Crippen molar-refractivity contribution >= 4 is 52.1 Å². The molecule has 2 bridgehead atoms. The molecule has 2 saturated heterocycles. The number of ether oxygens (including phenoxy) is 1. The number of carbonyl (C=O) groups is 2. The van der Waals surface area contributed by atoms with Crippen LogP contribution in [0, 0.1) is 0 Å². The van der Waals surface area contributed by atoms with Crippen LogP contribution in [0.2, 0.25) is 4.34 Å². The van der Waals surface area contributed by atoms with Gasteiger partial charge in [-0.15, -0.1) is 22.7 Å². The maximum Gasteiger partial charge on any atom is 0.410 e. The molecule has 178 valence electrons. The SMILES string of the molecule is C=CCOC(=O)N1C2CCC1CC(c1cc(NCc3ccc(Cl)s3)n(C(=O)c3cscn3)n1)C2. The summed E-state index contributed by atoms with van der Waals surface area (Å²) >= 11 is 8.93. The molecule has 3 aromatic rings. The van der Waals surface area contributed by atoms with Gasteiger partial charge in [0.15, 0.2) is 0 Å². The summed E-state index contributed by atoms with van der Waals surface area (Å²) in [5.74, 6) is 0.507. The number of anilines is 1. The van der Waals surface area contributed by atoms with Gasteiger partial charge in [-0.05, 0) is 37.8 Å². The first kappa shape index (κ1) is 23.1. The van der Waals surface area contributed by atoms with E-state index in [4.69, 9.17) is 21.4 Å². The van der Waals surface area contributed by atoms with E-state index in [9.17, 15) is 9.59 Å². The molecular weight excluding hydrogens is 494 g/mol. The molecule has 2 aliphatic heterocycles. The Morgan fingerprint density at radius 3 is 2.74 bits per heavy atom. The van der Waals surface area contributed by atoms with Crippen LogP contribution >= 0.6 is 34.3 Å². The van der Waals surface area contributed by atoms with E-state index in [0.717, 1.165) is 40.6 Å². The normalized spacial score (nSPS) is 21.4. The number of hydrogen-bond acceptors (Lipinski definition) is 8. The summed E-state index contributed by atoms with van der Waals surface area (Å²) < 4.78 is 7.43. The van der Waals surface area contributed by atoms with E-state index in [0.29, 0.717) is 18.1 Å². The van der Waals surface area contributed by atoms with Gasteiger partial charge in [0.2, 0.25) is 0 Å². The van der Waals surface area contributed by atoms with Gasteiger partial charge in [-0.25, -0.2) is 9.78 Å². The fourth-order valence-electron chi connectivity index (χ4n) is 4.85. The Hall–Kier alpha value is -2.69. The van der Waals surface area contributed by atoms with E-state index in [1.54, 1.807) is 17.0 Å². The molecule has 2 atom stereocenters. The van der Waals surface area contributed by atoms with Crippen molar-refractivity contribution in [2.24, 2.45) is 0 Å². The Labute approximate surface area is 210 Å². The number of carbonyl (C=O) groups excluding carboxylic acids is 2. The summed E-state index contributed by atoms with van der Waals surface area (Å²) in [6.07, 6.45) is 4.80. The number of aromatic nitrogens is 3. The maximum atomic E-state index is 13.1. The molecule has 5 rings (SSSR count). The number of amides is 1. The zero-order chi connectivity index (χ0) is 23.7. The average Bonchev–Trinajstić information content (AvgIpc) is 3.62. The highest BCUT2D eigenvalue weighted by molar-refractivity contribution is 7.16. The zero-order valence-electron chi connectivity index (χ0n) is 18.4. The largest absolute Gasteiger partial charge is 0.445 e. The minimum Gasteiger partial charge on any atom is -0.445 e. The second-order valence-corrected chi connectivity index (χ2v) is 10.9. The Balaban J connectivity index is 1.37. The molecule has 0 aliphatic carbocycles. The molecular formula is C23H24ClN5O3S2. The van der Waals surface area contributed by atoms with Gasteiger partial charge in [-0.1, -0.05) is 24.3 Å². The van der Waals surface area contributed by atoms with Gasteiger partial charge in [0.05, 0.1) is 22.1 Å². The predicted octanol–water partition coefficient (Wildman–Crippen LogP) is 5.39. The highest BCUT2D eigenvalue weighted by Crippen LogP contribution is 2.43. The molecule has 34 heavy (non-hydrogen) atoms. The summed E-state index contributed by atoms with van der Waals surface area (Å²) in [6.45, 7) is 4.36. The molecule has 0 aromatic carbocycles. The Bertz CT molecular complexity index is 1180. The van der Waals surface area contributed by atoms with Crippen LogP contribution in [-0.4, -0.2) is 50.4 Å². The number of nitrogens with one attached hydrogen (secondary N) is 1. The lowest BCUT2D eigenvalue weighted by molar-refractivity contribution is 0.0723. The summed E-state index contributed by atoms with van der Waals surface area (Å²) in [5, 5.41) is 9.79. The smallest absolute Gasteiger partial charge is 0.410 e. The molecule has 2 aliphatic rings. The van der Waals surface area contributed by atoms with Crippen molar-refractivity contribution in [3.63, 3.8) is 0 Å². The highest BCUT2D eigenvalue weighted by Gasteiger charge is 2.45. The molecule has 1 N–H and O–H groups in total.